The van der Waals surface area contributed by atoms with E-state index in [0.29, 0.717) is 42.6 Å². The van der Waals surface area contributed by atoms with Gasteiger partial charge >= 0.3 is 0 Å². The zero-order chi connectivity index (χ0) is 22.9. The summed E-state index contributed by atoms with van der Waals surface area (Å²) in [7, 11) is 3.30. The lowest BCUT2D eigenvalue weighted by atomic mass is 10.2. The first kappa shape index (κ1) is 23.4. The first-order valence-corrected chi connectivity index (χ1v) is 10.8. The van der Waals surface area contributed by atoms with Gasteiger partial charge in [-0.2, -0.15) is 0 Å². The van der Waals surface area contributed by atoms with Crippen LogP contribution < -0.4 is 19.5 Å². The third-order valence-electron chi connectivity index (χ3n) is 5.12. The Morgan fingerprint density at radius 3 is 2.56 bits per heavy atom. The van der Waals surface area contributed by atoms with E-state index in [9.17, 15) is 9.59 Å². The van der Waals surface area contributed by atoms with Gasteiger partial charge in [0, 0.05) is 7.05 Å². The van der Waals surface area contributed by atoms with E-state index in [1.807, 2.05) is 48.2 Å². The van der Waals surface area contributed by atoms with Crippen molar-refractivity contribution in [1.29, 1.82) is 0 Å². The number of fused-ring (bicyclic) bond motifs is 1. The van der Waals surface area contributed by atoms with Crippen LogP contribution in [0.4, 0.5) is 5.69 Å². The Kier molecular flexibility index (Phi) is 8.33. The minimum atomic E-state index is -0.243. The normalized spacial score (nSPS) is 14.7. The van der Waals surface area contributed by atoms with E-state index in [2.05, 4.69) is 5.32 Å². The fourth-order valence-corrected chi connectivity index (χ4v) is 3.54. The maximum atomic E-state index is 12.8. The number of carbonyl (C=O) groups is 2. The summed E-state index contributed by atoms with van der Waals surface area (Å²) in [6.45, 7) is 3.70. The van der Waals surface area contributed by atoms with Crippen LogP contribution in [-0.2, 0) is 9.59 Å². The van der Waals surface area contributed by atoms with E-state index in [1.54, 1.807) is 31.2 Å². The molecule has 1 aliphatic heterocycles. The van der Waals surface area contributed by atoms with E-state index in [-0.39, 0.29) is 31.0 Å². The summed E-state index contributed by atoms with van der Waals surface area (Å²) in [5, 5.41) is 2.86. The van der Waals surface area contributed by atoms with Gasteiger partial charge in [0.25, 0.3) is 0 Å². The topological polar surface area (TPSA) is 80.3 Å². The van der Waals surface area contributed by atoms with E-state index in [0.717, 1.165) is 6.42 Å². The molecule has 0 spiro atoms. The van der Waals surface area contributed by atoms with Gasteiger partial charge in [-0.25, -0.2) is 0 Å². The van der Waals surface area contributed by atoms with Crippen LogP contribution in [0.1, 0.15) is 13.3 Å². The molecule has 2 amide bonds. The molecule has 32 heavy (non-hydrogen) atoms. The number of ether oxygens (including phenoxy) is 3. The van der Waals surface area contributed by atoms with Gasteiger partial charge in [0.15, 0.2) is 17.6 Å². The van der Waals surface area contributed by atoms with Crippen LogP contribution in [0.3, 0.4) is 0 Å². The van der Waals surface area contributed by atoms with Gasteiger partial charge in [-0.1, -0.05) is 31.2 Å². The number of para-hydroxylation sites is 4. The maximum Gasteiger partial charge on any atom is 0.238 e. The molecule has 1 unspecified atom stereocenters. The number of nitrogens with zero attached hydrogens (tertiary/aromatic N) is 2. The first-order valence-electron chi connectivity index (χ1n) is 10.8. The molecule has 0 radical (unpaired) electrons. The minimum Gasteiger partial charge on any atom is -0.495 e. The summed E-state index contributed by atoms with van der Waals surface area (Å²) in [5.74, 6) is 1.72. The highest BCUT2D eigenvalue weighted by atomic mass is 16.6. The fourth-order valence-electron chi connectivity index (χ4n) is 3.54. The maximum absolute atomic E-state index is 12.8. The lowest BCUT2D eigenvalue weighted by molar-refractivity contribution is -0.133. The predicted molar refractivity (Wildman–Crippen MR) is 122 cm³/mol. The number of hydrogen-bond donors (Lipinski definition) is 1. The standard InChI is InChI=1S/C24H31N3O5/c1-4-13-27(15-23(28)25-19-9-5-6-10-20(19)30-3)16-24(29)26(2)14-18-17-31-21-11-7-8-12-22(21)32-18/h5-12,18H,4,13-17H2,1-3H3,(H,25,28). The van der Waals surface area contributed by atoms with Crippen molar-refractivity contribution in [2.45, 2.75) is 19.4 Å². The fraction of sp³-hybridized carbons (Fsp3) is 0.417. The lowest BCUT2D eigenvalue weighted by Gasteiger charge is -2.30. The van der Waals surface area contributed by atoms with Crippen LogP contribution in [-0.4, -0.2) is 74.7 Å². The molecular formula is C24H31N3O5. The number of methoxy groups -OCH3 is 1. The van der Waals surface area contributed by atoms with Gasteiger partial charge in [0.1, 0.15) is 12.4 Å². The molecule has 8 nitrogen and oxygen atoms in total. The number of amides is 2. The molecule has 1 atom stereocenters. The summed E-state index contributed by atoms with van der Waals surface area (Å²) in [5.41, 5.74) is 0.606. The smallest absolute Gasteiger partial charge is 0.238 e. The molecule has 1 heterocycles. The molecule has 172 valence electrons. The molecule has 8 heteroatoms. The summed E-state index contributed by atoms with van der Waals surface area (Å²) < 4.78 is 17.0. The summed E-state index contributed by atoms with van der Waals surface area (Å²) in [6.07, 6.45) is 0.585. The molecule has 0 saturated carbocycles. The van der Waals surface area contributed by atoms with Gasteiger partial charge in [-0.05, 0) is 37.2 Å². The minimum absolute atomic E-state index is 0.0778. The molecule has 1 N–H and O–H groups in total. The highest BCUT2D eigenvalue weighted by molar-refractivity contribution is 5.94. The molecule has 0 aromatic heterocycles. The van der Waals surface area contributed by atoms with Crippen LogP contribution in [0, 0.1) is 0 Å². The zero-order valence-corrected chi connectivity index (χ0v) is 18.9. The van der Waals surface area contributed by atoms with Gasteiger partial charge in [-0.15, -0.1) is 0 Å². The highest BCUT2D eigenvalue weighted by Crippen LogP contribution is 2.31. The molecule has 1 aliphatic rings. The Hall–Kier alpha value is -3.26. The number of likely N-dealkylation sites (N-methyl/N-ethyl adjacent to an activating group) is 1. The number of carbonyl (C=O) groups excluding carboxylic acids is 2. The van der Waals surface area contributed by atoms with E-state index in [4.69, 9.17) is 14.2 Å². The monoisotopic (exact) mass is 441 g/mol. The number of anilines is 1. The summed E-state index contributed by atoms with van der Waals surface area (Å²) >= 11 is 0. The van der Waals surface area contributed by atoms with Crippen LogP contribution in [0.25, 0.3) is 0 Å². The average Bonchev–Trinajstić information content (AvgIpc) is 2.79. The Bertz CT molecular complexity index is 920. The van der Waals surface area contributed by atoms with Gasteiger partial charge in [-0.3, -0.25) is 14.5 Å². The quantitative estimate of drug-likeness (QED) is 0.611. The second-order valence-corrected chi connectivity index (χ2v) is 7.73. The van der Waals surface area contributed by atoms with Crippen molar-refractivity contribution < 1.29 is 23.8 Å². The molecule has 0 bridgehead atoms. The largest absolute Gasteiger partial charge is 0.495 e. The molecule has 3 rings (SSSR count). The number of rotatable bonds is 10. The molecular weight excluding hydrogens is 410 g/mol. The highest BCUT2D eigenvalue weighted by Gasteiger charge is 2.25. The Labute approximate surface area is 189 Å². The van der Waals surface area contributed by atoms with Gasteiger partial charge in [0.05, 0.1) is 32.4 Å². The van der Waals surface area contributed by atoms with Crippen LogP contribution in [0.2, 0.25) is 0 Å². The average molecular weight is 442 g/mol. The first-order chi connectivity index (χ1) is 15.5. The second-order valence-electron chi connectivity index (χ2n) is 7.73. The molecule has 0 saturated heterocycles. The van der Waals surface area contributed by atoms with E-state index >= 15 is 0 Å². The molecule has 2 aromatic rings. The lowest BCUT2D eigenvalue weighted by Crippen LogP contribution is -2.46. The Morgan fingerprint density at radius 2 is 1.81 bits per heavy atom. The third kappa shape index (κ3) is 6.37. The zero-order valence-electron chi connectivity index (χ0n) is 18.9. The predicted octanol–water partition coefficient (Wildman–Crippen LogP) is 2.64. The van der Waals surface area contributed by atoms with Gasteiger partial charge < -0.3 is 24.4 Å². The Morgan fingerprint density at radius 1 is 1.09 bits per heavy atom. The van der Waals surface area contributed by atoms with E-state index in [1.165, 1.54) is 0 Å². The van der Waals surface area contributed by atoms with Gasteiger partial charge in [0.2, 0.25) is 11.8 Å². The van der Waals surface area contributed by atoms with Crippen molar-refractivity contribution in [3.8, 4) is 17.2 Å². The van der Waals surface area contributed by atoms with Crippen molar-refractivity contribution >= 4 is 17.5 Å². The Balaban J connectivity index is 1.52. The van der Waals surface area contributed by atoms with Crippen molar-refractivity contribution in [3.05, 3.63) is 48.5 Å². The molecule has 2 aromatic carbocycles. The summed E-state index contributed by atoms with van der Waals surface area (Å²) in [6, 6.07) is 14.7. The second kappa shape index (κ2) is 11.4. The third-order valence-corrected chi connectivity index (χ3v) is 5.12. The molecule has 0 aliphatic carbocycles. The van der Waals surface area contributed by atoms with Crippen molar-refractivity contribution in [2.24, 2.45) is 0 Å². The van der Waals surface area contributed by atoms with Crippen molar-refractivity contribution in [2.75, 3.05) is 52.3 Å². The SMILES string of the molecule is CCCN(CC(=O)Nc1ccccc1OC)CC(=O)N(C)CC1COc2ccccc2O1. The van der Waals surface area contributed by atoms with Crippen LogP contribution in [0.15, 0.2) is 48.5 Å². The number of nitrogens with one attached hydrogen (secondary N) is 1. The molecule has 0 fully saturated rings. The number of benzene rings is 2. The van der Waals surface area contributed by atoms with Crippen molar-refractivity contribution in [3.63, 3.8) is 0 Å². The number of hydrogen-bond acceptors (Lipinski definition) is 6. The van der Waals surface area contributed by atoms with Crippen molar-refractivity contribution in [1.82, 2.24) is 9.80 Å². The van der Waals surface area contributed by atoms with Crippen LogP contribution in [0.5, 0.6) is 17.2 Å². The van der Waals surface area contributed by atoms with E-state index < -0.39 is 0 Å². The summed E-state index contributed by atoms with van der Waals surface area (Å²) in [4.78, 5) is 28.9. The van der Waals surface area contributed by atoms with Crippen LogP contribution >= 0.6 is 0 Å².